The SMILES string of the molecule is COc1ccc2c(c1)OCC(C)(C(=O)CBr)O2. The van der Waals surface area contributed by atoms with Gasteiger partial charge in [0.05, 0.1) is 12.4 Å². The molecule has 92 valence electrons. The van der Waals surface area contributed by atoms with Gasteiger partial charge in [-0.3, -0.25) is 4.79 Å². The molecule has 2 rings (SSSR count). The highest BCUT2D eigenvalue weighted by atomic mass is 79.9. The molecular weight excluding hydrogens is 288 g/mol. The van der Waals surface area contributed by atoms with Crippen LogP contribution in [0.5, 0.6) is 17.2 Å². The molecule has 17 heavy (non-hydrogen) atoms. The third-order valence-corrected chi connectivity index (χ3v) is 3.21. The molecule has 0 spiro atoms. The Balaban J connectivity index is 2.28. The molecule has 1 aromatic rings. The summed E-state index contributed by atoms with van der Waals surface area (Å²) in [4.78, 5) is 11.7. The van der Waals surface area contributed by atoms with E-state index in [1.54, 1.807) is 32.2 Å². The van der Waals surface area contributed by atoms with Crippen LogP contribution in [0.3, 0.4) is 0 Å². The van der Waals surface area contributed by atoms with Crippen LogP contribution < -0.4 is 14.2 Å². The van der Waals surface area contributed by atoms with E-state index in [1.807, 2.05) is 0 Å². The van der Waals surface area contributed by atoms with Crippen LogP contribution >= 0.6 is 15.9 Å². The van der Waals surface area contributed by atoms with E-state index in [0.29, 0.717) is 17.2 Å². The van der Waals surface area contributed by atoms with Crippen molar-refractivity contribution in [2.45, 2.75) is 12.5 Å². The third kappa shape index (κ3) is 2.24. The lowest BCUT2D eigenvalue weighted by Crippen LogP contribution is -2.49. The minimum absolute atomic E-state index is 0.0426. The van der Waals surface area contributed by atoms with Crippen LogP contribution in [-0.4, -0.2) is 30.4 Å². The number of Topliss-reactive ketones (excluding diaryl/α,β-unsaturated/α-hetero) is 1. The first-order valence-electron chi connectivity index (χ1n) is 5.18. The highest BCUT2D eigenvalue weighted by molar-refractivity contribution is 9.09. The van der Waals surface area contributed by atoms with Crippen molar-refractivity contribution in [3.63, 3.8) is 0 Å². The van der Waals surface area contributed by atoms with Gasteiger partial charge in [0, 0.05) is 6.07 Å². The van der Waals surface area contributed by atoms with E-state index >= 15 is 0 Å². The summed E-state index contributed by atoms with van der Waals surface area (Å²) in [6.45, 7) is 1.93. The number of carbonyl (C=O) groups is 1. The number of ether oxygens (including phenoxy) is 3. The lowest BCUT2D eigenvalue weighted by Gasteiger charge is -2.33. The molecule has 4 nitrogen and oxygen atoms in total. The summed E-state index contributed by atoms with van der Waals surface area (Å²) in [5.41, 5.74) is -0.926. The van der Waals surface area contributed by atoms with Gasteiger partial charge in [0.15, 0.2) is 22.9 Å². The van der Waals surface area contributed by atoms with Gasteiger partial charge in [-0.05, 0) is 19.1 Å². The smallest absolute Gasteiger partial charge is 0.198 e. The molecule has 1 aromatic carbocycles. The summed E-state index contributed by atoms with van der Waals surface area (Å²) < 4.78 is 16.4. The van der Waals surface area contributed by atoms with Crippen LogP contribution in [0.2, 0.25) is 0 Å². The number of fused-ring (bicyclic) bond motifs is 1. The number of benzene rings is 1. The topological polar surface area (TPSA) is 44.8 Å². The fourth-order valence-electron chi connectivity index (χ4n) is 1.58. The molecule has 1 heterocycles. The van der Waals surface area contributed by atoms with E-state index in [1.165, 1.54) is 0 Å². The van der Waals surface area contributed by atoms with E-state index < -0.39 is 5.60 Å². The standard InChI is InChI=1S/C12H13BrO4/c1-12(11(14)6-13)7-16-10-5-8(15-2)3-4-9(10)17-12/h3-5H,6-7H2,1-2H3. The van der Waals surface area contributed by atoms with Gasteiger partial charge in [-0.1, -0.05) is 15.9 Å². The number of hydrogen-bond donors (Lipinski definition) is 0. The Morgan fingerprint density at radius 3 is 2.94 bits per heavy atom. The van der Waals surface area contributed by atoms with Crippen LogP contribution in [0, 0.1) is 0 Å². The van der Waals surface area contributed by atoms with Crippen molar-refractivity contribution < 1.29 is 19.0 Å². The Kier molecular flexibility index (Phi) is 3.28. The lowest BCUT2D eigenvalue weighted by atomic mass is 10.0. The van der Waals surface area contributed by atoms with Crippen molar-refractivity contribution >= 4 is 21.7 Å². The largest absolute Gasteiger partial charge is 0.497 e. The van der Waals surface area contributed by atoms with Crippen molar-refractivity contribution in [2.24, 2.45) is 0 Å². The molecule has 1 atom stereocenters. The van der Waals surface area contributed by atoms with E-state index in [0.717, 1.165) is 0 Å². The van der Waals surface area contributed by atoms with Crippen molar-refractivity contribution in [1.29, 1.82) is 0 Å². The highest BCUT2D eigenvalue weighted by Crippen LogP contribution is 2.38. The first-order chi connectivity index (χ1) is 8.09. The van der Waals surface area contributed by atoms with Crippen LogP contribution in [0.15, 0.2) is 18.2 Å². The Morgan fingerprint density at radius 2 is 2.29 bits per heavy atom. The third-order valence-electron chi connectivity index (χ3n) is 2.70. The van der Waals surface area contributed by atoms with E-state index in [2.05, 4.69) is 15.9 Å². The minimum Gasteiger partial charge on any atom is -0.497 e. The van der Waals surface area contributed by atoms with E-state index in [9.17, 15) is 4.79 Å². The van der Waals surface area contributed by atoms with Gasteiger partial charge in [0.25, 0.3) is 0 Å². The van der Waals surface area contributed by atoms with Crippen molar-refractivity contribution in [2.75, 3.05) is 19.0 Å². The number of halogens is 1. The summed E-state index contributed by atoms with van der Waals surface area (Å²) in [7, 11) is 1.59. The highest BCUT2D eigenvalue weighted by Gasteiger charge is 2.39. The number of rotatable bonds is 3. The second-order valence-corrected chi connectivity index (χ2v) is 4.55. The zero-order valence-corrected chi connectivity index (χ0v) is 11.2. The van der Waals surface area contributed by atoms with E-state index in [4.69, 9.17) is 14.2 Å². The van der Waals surface area contributed by atoms with Gasteiger partial charge < -0.3 is 14.2 Å². The molecular formula is C12H13BrO4. The number of hydrogen-bond acceptors (Lipinski definition) is 4. The fraction of sp³-hybridized carbons (Fsp3) is 0.417. The molecule has 0 bridgehead atoms. The van der Waals surface area contributed by atoms with Gasteiger partial charge >= 0.3 is 0 Å². The number of alkyl halides is 1. The normalized spacial score (nSPS) is 22.1. The first-order valence-corrected chi connectivity index (χ1v) is 6.30. The Morgan fingerprint density at radius 1 is 1.53 bits per heavy atom. The van der Waals surface area contributed by atoms with Crippen LogP contribution in [0.1, 0.15) is 6.92 Å². The molecule has 0 saturated heterocycles. The molecule has 1 aliphatic rings. The predicted octanol–water partition coefficient (Wildman–Crippen LogP) is 2.19. The number of ketones is 1. The molecule has 0 fully saturated rings. The van der Waals surface area contributed by atoms with Crippen LogP contribution in [-0.2, 0) is 4.79 Å². The average Bonchev–Trinajstić information content (AvgIpc) is 2.37. The summed E-state index contributed by atoms with van der Waals surface area (Å²) >= 11 is 3.14. The monoisotopic (exact) mass is 300 g/mol. The molecule has 0 saturated carbocycles. The van der Waals surface area contributed by atoms with Gasteiger partial charge in [0.1, 0.15) is 12.4 Å². The first kappa shape index (κ1) is 12.2. The molecule has 1 unspecified atom stereocenters. The maximum absolute atomic E-state index is 11.7. The summed E-state index contributed by atoms with van der Waals surface area (Å²) in [5.74, 6) is 1.82. The molecule has 0 aromatic heterocycles. The maximum atomic E-state index is 11.7. The summed E-state index contributed by atoms with van der Waals surface area (Å²) in [6.07, 6.45) is 0. The Labute approximate surface area is 108 Å². The van der Waals surface area contributed by atoms with Gasteiger partial charge in [-0.15, -0.1) is 0 Å². The summed E-state index contributed by atoms with van der Waals surface area (Å²) in [5, 5.41) is 0.248. The Bertz CT molecular complexity index is 446. The molecule has 0 N–H and O–H groups in total. The predicted molar refractivity (Wildman–Crippen MR) is 66.3 cm³/mol. The molecule has 0 aliphatic carbocycles. The van der Waals surface area contributed by atoms with Crippen molar-refractivity contribution in [1.82, 2.24) is 0 Å². The zero-order valence-electron chi connectivity index (χ0n) is 9.66. The maximum Gasteiger partial charge on any atom is 0.198 e. The average molecular weight is 301 g/mol. The van der Waals surface area contributed by atoms with Crippen molar-refractivity contribution in [3.8, 4) is 17.2 Å². The number of carbonyl (C=O) groups excluding carboxylic acids is 1. The molecule has 1 aliphatic heterocycles. The summed E-state index contributed by atoms with van der Waals surface area (Å²) in [6, 6.07) is 5.26. The van der Waals surface area contributed by atoms with Gasteiger partial charge in [-0.25, -0.2) is 0 Å². The zero-order chi connectivity index (χ0) is 12.5. The quantitative estimate of drug-likeness (QED) is 0.803. The fourth-order valence-corrected chi connectivity index (χ4v) is 2.17. The van der Waals surface area contributed by atoms with Crippen LogP contribution in [0.4, 0.5) is 0 Å². The van der Waals surface area contributed by atoms with Gasteiger partial charge in [0.2, 0.25) is 0 Å². The second-order valence-electron chi connectivity index (χ2n) is 3.99. The molecule has 0 amide bonds. The van der Waals surface area contributed by atoms with Crippen molar-refractivity contribution in [3.05, 3.63) is 18.2 Å². The number of methoxy groups -OCH3 is 1. The Hall–Kier alpha value is -1.23. The van der Waals surface area contributed by atoms with Gasteiger partial charge in [-0.2, -0.15) is 0 Å². The molecule has 5 heteroatoms. The van der Waals surface area contributed by atoms with Crippen LogP contribution in [0.25, 0.3) is 0 Å². The minimum atomic E-state index is -0.926. The van der Waals surface area contributed by atoms with E-state index in [-0.39, 0.29) is 17.7 Å². The lowest BCUT2D eigenvalue weighted by molar-refractivity contribution is -0.134. The molecule has 0 radical (unpaired) electrons. The second kappa shape index (κ2) is 4.56.